The second-order valence-electron chi connectivity index (χ2n) is 8.39. The molecule has 3 N–H and O–H groups in total. The van der Waals surface area contributed by atoms with Gasteiger partial charge >= 0.3 is 0 Å². The number of benzene rings is 1. The Balaban J connectivity index is 1.93. The number of carbonyl (C=O) groups excluding carboxylic acids is 2. The minimum Gasteiger partial charge on any atom is -0.288 e. The molecule has 0 bridgehead atoms. The summed E-state index contributed by atoms with van der Waals surface area (Å²) in [5.74, 6) is -0.437. The van der Waals surface area contributed by atoms with E-state index in [1.807, 2.05) is 0 Å². The van der Waals surface area contributed by atoms with Gasteiger partial charge in [-0.15, -0.1) is 0 Å². The molecule has 1 saturated carbocycles. The third kappa shape index (κ3) is 4.69. The molecule has 0 heterocycles. The molecule has 6 heteroatoms. The van der Waals surface area contributed by atoms with Gasteiger partial charge in [-0.25, -0.2) is 10.9 Å². The first-order valence-corrected chi connectivity index (χ1v) is 9.04. The smallest absolute Gasteiger partial charge is 0.274 e. The van der Waals surface area contributed by atoms with Crippen LogP contribution in [0.4, 0.5) is 0 Å². The van der Waals surface area contributed by atoms with Crippen molar-refractivity contribution in [1.82, 2.24) is 10.9 Å². The summed E-state index contributed by atoms with van der Waals surface area (Å²) in [7, 11) is 0. The van der Waals surface area contributed by atoms with E-state index in [-0.39, 0.29) is 22.3 Å². The standard InChI is InChI=1S/C20H29N3O3/c1-19(2)11-5-12-20(3,4)16(19)10-13-21-22-17(24)14-6-8-15(9-7-14)18(25)23-26/h6-9,13,16,26H,5,10-12H2,1-4H3,(H,22,24)(H,23,25)/b21-13+. The molecule has 1 fully saturated rings. The van der Waals surface area contributed by atoms with Crippen LogP contribution in [0.2, 0.25) is 0 Å². The molecule has 0 atom stereocenters. The van der Waals surface area contributed by atoms with Crippen molar-refractivity contribution in [1.29, 1.82) is 0 Å². The molecule has 2 rings (SSSR count). The predicted octanol–water partition coefficient (Wildman–Crippen LogP) is 3.76. The Hall–Kier alpha value is -2.21. The SMILES string of the molecule is CC1(C)CCCC(C)(C)C1C/C=N/NC(=O)c1ccc(C(=O)NO)cc1. The van der Waals surface area contributed by atoms with E-state index in [1.54, 1.807) is 11.7 Å². The highest BCUT2D eigenvalue weighted by Gasteiger charge is 2.42. The van der Waals surface area contributed by atoms with Crippen molar-refractivity contribution in [3.05, 3.63) is 35.4 Å². The fraction of sp³-hybridized carbons (Fsp3) is 0.550. The van der Waals surface area contributed by atoms with E-state index in [0.717, 1.165) is 6.42 Å². The van der Waals surface area contributed by atoms with Crippen molar-refractivity contribution in [2.45, 2.75) is 53.4 Å². The van der Waals surface area contributed by atoms with Gasteiger partial charge in [0.2, 0.25) is 0 Å². The number of rotatable bonds is 5. The maximum Gasteiger partial charge on any atom is 0.274 e. The third-order valence-electron chi connectivity index (χ3n) is 5.64. The molecule has 0 radical (unpaired) electrons. The first-order chi connectivity index (χ1) is 12.2. The van der Waals surface area contributed by atoms with Crippen LogP contribution in [-0.2, 0) is 0 Å². The summed E-state index contributed by atoms with van der Waals surface area (Å²) < 4.78 is 0. The van der Waals surface area contributed by atoms with Gasteiger partial charge < -0.3 is 0 Å². The number of amides is 2. The van der Waals surface area contributed by atoms with Crippen LogP contribution in [0.25, 0.3) is 0 Å². The molecule has 1 aromatic rings. The van der Waals surface area contributed by atoms with Gasteiger partial charge in [0.25, 0.3) is 11.8 Å². The number of hydrogen-bond donors (Lipinski definition) is 3. The number of hydrazone groups is 1. The zero-order valence-electron chi connectivity index (χ0n) is 16.0. The topological polar surface area (TPSA) is 90.8 Å². The molecule has 0 aliphatic heterocycles. The van der Waals surface area contributed by atoms with Crippen LogP contribution in [-0.4, -0.2) is 23.2 Å². The number of hydroxylamine groups is 1. The minimum atomic E-state index is -0.618. The quantitative estimate of drug-likeness (QED) is 0.425. The van der Waals surface area contributed by atoms with Gasteiger partial charge in [-0.1, -0.05) is 34.1 Å². The summed E-state index contributed by atoms with van der Waals surface area (Å²) in [6.45, 7) is 9.26. The normalized spacial score (nSPS) is 19.3. The Kier molecular flexibility index (Phi) is 6.18. The van der Waals surface area contributed by atoms with E-state index in [9.17, 15) is 9.59 Å². The lowest BCUT2D eigenvalue weighted by molar-refractivity contribution is 0.0206. The molecule has 26 heavy (non-hydrogen) atoms. The van der Waals surface area contributed by atoms with Crippen LogP contribution in [0.5, 0.6) is 0 Å². The highest BCUT2D eigenvalue weighted by molar-refractivity contribution is 5.97. The molecule has 142 valence electrons. The molecular weight excluding hydrogens is 330 g/mol. The van der Waals surface area contributed by atoms with Gasteiger partial charge in [0.05, 0.1) is 0 Å². The Bertz CT molecular complexity index is 662. The Labute approximate surface area is 155 Å². The van der Waals surface area contributed by atoms with Gasteiger partial charge in [0.1, 0.15) is 0 Å². The molecule has 1 aliphatic carbocycles. The maximum atomic E-state index is 12.1. The number of hydrogen-bond acceptors (Lipinski definition) is 4. The Morgan fingerprint density at radius 2 is 1.58 bits per heavy atom. The maximum absolute atomic E-state index is 12.1. The predicted molar refractivity (Wildman–Crippen MR) is 101 cm³/mol. The highest BCUT2D eigenvalue weighted by atomic mass is 16.5. The second-order valence-corrected chi connectivity index (χ2v) is 8.39. The lowest BCUT2D eigenvalue weighted by Crippen LogP contribution is -2.40. The van der Waals surface area contributed by atoms with Crippen molar-refractivity contribution in [3.8, 4) is 0 Å². The van der Waals surface area contributed by atoms with Crippen LogP contribution in [0.1, 0.15) is 74.1 Å². The van der Waals surface area contributed by atoms with Crippen molar-refractivity contribution in [2.75, 3.05) is 0 Å². The summed E-state index contributed by atoms with van der Waals surface area (Å²) >= 11 is 0. The van der Waals surface area contributed by atoms with Crippen molar-refractivity contribution >= 4 is 18.0 Å². The molecule has 0 spiro atoms. The Morgan fingerprint density at radius 1 is 1.08 bits per heavy atom. The van der Waals surface area contributed by atoms with Crippen molar-refractivity contribution in [2.24, 2.45) is 21.8 Å². The van der Waals surface area contributed by atoms with Gasteiger partial charge in [-0.2, -0.15) is 5.10 Å². The molecule has 0 unspecified atom stereocenters. The van der Waals surface area contributed by atoms with Crippen molar-refractivity contribution < 1.29 is 14.8 Å². The number of nitrogens with zero attached hydrogens (tertiary/aromatic N) is 1. The molecule has 1 aliphatic rings. The number of nitrogens with one attached hydrogen (secondary N) is 2. The van der Waals surface area contributed by atoms with Crippen LogP contribution >= 0.6 is 0 Å². The first-order valence-electron chi connectivity index (χ1n) is 9.04. The molecule has 6 nitrogen and oxygen atoms in total. The highest BCUT2D eigenvalue weighted by Crippen LogP contribution is 2.51. The summed E-state index contributed by atoms with van der Waals surface area (Å²) in [5.41, 5.74) is 5.29. The summed E-state index contributed by atoms with van der Waals surface area (Å²) in [5, 5.41) is 12.7. The molecule has 0 aromatic heterocycles. The molecule has 1 aromatic carbocycles. The zero-order chi connectivity index (χ0) is 19.4. The van der Waals surface area contributed by atoms with Gasteiger partial charge in [-0.05, 0) is 60.3 Å². The van der Waals surface area contributed by atoms with Gasteiger partial charge in [0, 0.05) is 17.3 Å². The minimum absolute atomic E-state index is 0.265. The van der Waals surface area contributed by atoms with E-state index in [2.05, 4.69) is 38.2 Å². The van der Waals surface area contributed by atoms with E-state index in [0.29, 0.717) is 11.5 Å². The van der Waals surface area contributed by atoms with Crippen molar-refractivity contribution in [3.63, 3.8) is 0 Å². The summed E-state index contributed by atoms with van der Waals surface area (Å²) in [6, 6.07) is 5.97. The van der Waals surface area contributed by atoms with E-state index in [1.165, 1.54) is 43.5 Å². The first kappa shape index (κ1) is 20.1. The van der Waals surface area contributed by atoms with E-state index in [4.69, 9.17) is 5.21 Å². The average Bonchev–Trinajstić information content (AvgIpc) is 2.59. The zero-order valence-corrected chi connectivity index (χ0v) is 16.0. The lowest BCUT2D eigenvalue weighted by Gasteiger charge is -2.49. The Morgan fingerprint density at radius 3 is 2.08 bits per heavy atom. The van der Waals surface area contributed by atoms with Crippen LogP contribution in [0.3, 0.4) is 0 Å². The van der Waals surface area contributed by atoms with Gasteiger partial charge in [0.15, 0.2) is 0 Å². The molecule has 0 saturated heterocycles. The monoisotopic (exact) mass is 359 g/mol. The fourth-order valence-corrected chi connectivity index (χ4v) is 4.21. The fourth-order valence-electron chi connectivity index (χ4n) is 4.21. The van der Waals surface area contributed by atoms with Crippen LogP contribution in [0.15, 0.2) is 29.4 Å². The van der Waals surface area contributed by atoms with E-state index >= 15 is 0 Å². The average molecular weight is 359 g/mol. The molecular formula is C20H29N3O3. The molecule has 2 amide bonds. The van der Waals surface area contributed by atoms with Crippen LogP contribution in [0, 0.1) is 16.7 Å². The number of carbonyl (C=O) groups is 2. The lowest BCUT2D eigenvalue weighted by atomic mass is 9.56. The van der Waals surface area contributed by atoms with Gasteiger partial charge in [-0.3, -0.25) is 14.8 Å². The van der Waals surface area contributed by atoms with Crippen LogP contribution < -0.4 is 10.9 Å². The van der Waals surface area contributed by atoms with E-state index < -0.39 is 5.91 Å². The third-order valence-corrected chi connectivity index (χ3v) is 5.64. The summed E-state index contributed by atoms with van der Waals surface area (Å²) in [4.78, 5) is 23.4. The summed E-state index contributed by atoms with van der Waals surface area (Å²) in [6.07, 6.45) is 6.32. The second kappa shape index (κ2) is 7.99. The largest absolute Gasteiger partial charge is 0.288 e.